The lowest BCUT2D eigenvalue weighted by atomic mass is 9.96. The molecule has 6 heteroatoms. The van der Waals surface area contributed by atoms with Crippen molar-refractivity contribution in [3.63, 3.8) is 0 Å². The molecule has 0 saturated carbocycles. The van der Waals surface area contributed by atoms with Crippen molar-refractivity contribution in [3.05, 3.63) is 34.9 Å². The maximum absolute atomic E-state index is 11.9. The highest BCUT2D eigenvalue weighted by molar-refractivity contribution is 6.31. The van der Waals surface area contributed by atoms with E-state index in [1.54, 1.807) is 6.07 Å². The average Bonchev–Trinajstić information content (AvgIpc) is 2.41. The highest BCUT2D eigenvalue weighted by Gasteiger charge is 2.20. The summed E-state index contributed by atoms with van der Waals surface area (Å²) in [5.41, 5.74) is 0.870. The minimum atomic E-state index is -0.867. The molecule has 21 heavy (non-hydrogen) atoms. The topological polar surface area (TPSA) is 78.4 Å². The fraction of sp³-hybridized carbons (Fsp3) is 0.467. The highest BCUT2D eigenvalue weighted by Crippen LogP contribution is 2.27. The number of rotatable bonds is 7. The number of nitrogens with one attached hydrogen (secondary N) is 2. The summed E-state index contributed by atoms with van der Waals surface area (Å²) in [6, 6.07) is 6.88. The number of amides is 2. The van der Waals surface area contributed by atoms with Crippen LogP contribution < -0.4 is 10.6 Å². The number of benzene rings is 1. The second kappa shape index (κ2) is 8.52. The maximum Gasteiger partial charge on any atom is 0.315 e. The standard InChI is InChI=1S/C15H21ClN2O3/c1-10(2)14(11-6-3-4-7-12(11)16)18-15(21)17-9-5-8-13(19)20/h3-4,6-7,10,14H,5,8-9H2,1-2H3,(H,19,20)(H2,17,18,21). The molecule has 1 atom stereocenters. The third-order valence-corrected chi connectivity index (χ3v) is 3.39. The summed E-state index contributed by atoms with van der Waals surface area (Å²) in [6.45, 7) is 4.32. The molecular weight excluding hydrogens is 292 g/mol. The summed E-state index contributed by atoms with van der Waals surface area (Å²) in [7, 11) is 0. The summed E-state index contributed by atoms with van der Waals surface area (Å²) in [6.07, 6.45) is 0.444. The van der Waals surface area contributed by atoms with Crippen LogP contribution in [0, 0.1) is 5.92 Å². The van der Waals surface area contributed by atoms with Gasteiger partial charge in [0.15, 0.2) is 0 Å². The number of carboxylic acids is 1. The predicted octanol–water partition coefficient (Wildman–Crippen LogP) is 3.20. The summed E-state index contributed by atoms with van der Waals surface area (Å²) in [4.78, 5) is 22.3. The zero-order valence-corrected chi connectivity index (χ0v) is 13.0. The second-order valence-corrected chi connectivity index (χ2v) is 5.55. The van der Waals surface area contributed by atoms with E-state index in [1.807, 2.05) is 32.0 Å². The van der Waals surface area contributed by atoms with E-state index < -0.39 is 5.97 Å². The van der Waals surface area contributed by atoms with Gasteiger partial charge in [0.25, 0.3) is 0 Å². The van der Waals surface area contributed by atoms with Crippen molar-refractivity contribution in [2.45, 2.75) is 32.7 Å². The van der Waals surface area contributed by atoms with Gasteiger partial charge in [-0.05, 0) is 24.0 Å². The number of carboxylic acid groups (broad SMARTS) is 1. The van der Waals surface area contributed by atoms with E-state index >= 15 is 0 Å². The van der Waals surface area contributed by atoms with Gasteiger partial charge in [-0.25, -0.2) is 4.79 Å². The number of aliphatic carboxylic acids is 1. The Hall–Kier alpha value is -1.75. The molecule has 1 aromatic carbocycles. The van der Waals surface area contributed by atoms with Crippen molar-refractivity contribution in [1.29, 1.82) is 0 Å². The Labute approximate surface area is 129 Å². The molecular formula is C15H21ClN2O3. The van der Waals surface area contributed by atoms with Gasteiger partial charge < -0.3 is 15.7 Å². The molecule has 0 bridgehead atoms. The van der Waals surface area contributed by atoms with E-state index in [9.17, 15) is 9.59 Å². The molecule has 0 aliphatic rings. The summed E-state index contributed by atoms with van der Waals surface area (Å²) in [5.74, 6) is -0.692. The van der Waals surface area contributed by atoms with E-state index in [4.69, 9.17) is 16.7 Å². The fourth-order valence-electron chi connectivity index (χ4n) is 1.96. The van der Waals surface area contributed by atoms with E-state index in [0.717, 1.165) is 5.56 Å². The third kappa shape index (κ3) is 6.04. The lowest BCUT2D eigenvalue weighted by molar-refractivity contribution is -0.137. The molecule has 0 aliphatic carbocycles. The quantitative estimate of drug-likeness (QED) is 0.676. The molecule has 0 fully saturated rings. The zero-order chi connectivity index (χ0) is 15.8. The fourth-order valence-corrected chi connectivity index (χ4v) is 2.22. The number of carbonyl (C=O) groups is 2. The van der Waals surface area contributed by atoms with Crippen molar-refractivity contribution in [2.75, 3.05) is 6.54 Å². The molecule has 1 aromatic rings. The lowest BCUT2D eigenvalue weighted by Gasteiger charge is -2.24. The third-order valence-electron chi connectivity index (χ3n) is 3.05. The Balaban J connectivity index is 2.57. The van der Waals surface area contributed by atoms with Crippen molar-refractivity contribution in [3.8, 4) is 0 Å². The smallest absolute Gasteiger partial charge is 0.315 e. The lowest BCUT2D eigenvalue weighted by Crippen LogP contribution is -2.40. The number of hydrogen-bond acceptors (Lipinski definition) is 2. The number of urea groups is 1. The first kappa shape index (κ1) is 17.3. The van der Waals surface area contributed by atoms with Crippen LogP contribution in [-0.4, -0.2) is 23.7 Å². The van der Waals surface area contributed by atoms with E-state index in [-0.39, 0.29) is 24.4 Å². The van der Waals surface area contributed by atoms with E-state index in [0.29, 0.717) is 18.0 Å². The van der Waals surface area contributed by atoms with E-state index in [2.05, 4.69) is 10.6 Å². The van der Waals surface area contributed by atoms with Gasteiger partial charge in [0.1, 0.15) is 0 Å². The van der Waals surface area contributed by atoms with Gasteiger partial charge >= 0.3 is 12.0 Å². The Morgan fingerprint density at radius 1 is 1.29 bits per heavy atom. The molecule has 116 valence electrons. The predicted molar refractivity (Wildman–Crippen MR) is 82.4 cm³/mol. The molecule has 1 rings (SSSR count). The Morgan fingerprint density at radius 3 is 2.52 bits per heavy atom. The maximum atomic E-state index is 11.9. The van der Waals surface area contributed by atoms with Crippen LogP contribution in [0.1, 0.15) is 38.3 Å². The van der Waals surface area contributed by atoms with Gasteiger partial charge in [-0.3, -0.25) is 4.79 Å². The summed E-state index contributed by atoms with van der Waals surface area (Å²) >= 11 is 6.17. The van der Waals surface area contributed by atoms with Crippen molar-refractivity contribution in [2.24, 2.45) is 5.92 Å². The van der Waals surface area contributed by atoms with Crippen LogP contribution in [0.4, 0.5) is 4.79 Å². The van der Waals surface area contributed by atoms with E-state index in [1.165, 1.54) is 0 Å². The molecule has 0 aliphatic heterocycles. The van der Waals surface area contributed by atoms with Crippen LogP contribution in [0.2, 0.25) is 5.02 Å². The second-order valence-electron chi connectivity index (χ2n) is 5.14. The van der Waals surface area contributed by atoms with Crippen LogP contribution in [0.3, 0.4) is 0 Å². The number of halogens is 1. The Morgan fingerprint density at radius 2 is 1.95 bits per heavy atom. The number of hydrogen-bond donors (Lipinski definition) is 3. The van der Waals surface area contributed by atoms with Crippen LogP contribution in [-0.2, 0) is 4.79 Å². The van der Waals surface area contributed by atoms with Crippen molar-refractivity contribution < 1.29 is 14.7 Å². The van der Waals surface area contributed by atoms with Crippen LogP contribution >= 0.6 is 11.6 Å². The van der Waals surface area contributed by atoms with Gasteiger partial charge in [-0.2, -0.15) is 0 Å². The molecule has 0 aromatic heterocycles. The molecule has 5 nitrogen and oxygen atoms in total. The first-order chi connectivity index (χ1) is 9.91. The molecule has 0 spiro atoms. The minimum Gasteiger partial charge on any atom is -0.481 e. The van der Waals surface area contributed by atoms with Gasteiger partial charge in [-0.15, -0.1) is 0 Å². The first-order valence-electron chi connectivity index (χ1n) is 6.92. The molecule has 3 N–H and O–H groups in total. The molecule has 0 heterocycles. The summed E-state index contributed by atoms with van der Waals surface area (Å²) in [5, 5.41) is 14.7. The van der Waals surface area contributed by atoms with Crippen LogP contribution in [0.5, 0.6) is 0 Å². The van der Waals surface area contributed by atoms with Gasteiger partial charge in [0, 0.05) is 18.0 Å². The van der Waals surface area contributed by atoms with Gasteiger partial charge in [0.05, 0.1) is 6.04 Å². The Kier molecular flexibility index (Phi) is 7.02. The molecule has 0 saturated heterocycles. The largest absolute Gasteiger partial charge is 0.481 e. The summed E-state index contributed by atoms with van der Waals surface area (Å²) < 4.78 is 0. The molecule has 0 radical (unpaired) electrons. The average molecular weight is 313 g/mol. The zero-order valence-electron chi connectivity index (χ0n) is 12.2. The van der Waals surface area contributed by atoms with Crippen molar-refractivity contribution >= 4 is 23.6 Å². The normalized spacial score (nSPS) is 12.0. The van der Waals surface area contributed by atoms with Gasteiger partial charge in [0.2, 0.25) is 0 Å². The highest BCUT2D eigenvalue weighted by atomic mass is 35.5. The van der Waals surface area contributed by atoms with Gasteiger partial charge in [-0.1, -0.05) is 43.6 Å². The SMILES string of the molecule is CC(C)C(NC(=O)NCCCC(=O)O)c1ccccc1Cl. The minimum absolute atomic E-state index is 0.0401. The monoisotopic (exact) mass is 312 g/mol. The van der Waals surface area contributed by atoms with Crippen LogP contribution in [0.25, 0.3) is 0 Å². The Bertz CT molecular complexity index is 492. The van der Waals surface area contributed by atoms with Crippen LogP contribution in [0.15, 0.2) is 24.3 Å². The first-order valence-corrected chi connectivity index (χ1v) is 7.30. The number of carbonyl (C=O) groups excluding carboxylic acids is 1. The molecule has 2 amide bonds. The van der Waals surface area contributed by atoms with Crippen molar-refractivity contribution in [1.82, 2.24) is 10.6 Å². The molecule has 1 unspecified atom stereocenters.